The number of para-hydroxylation sites is 1. The summed E-state index contributed by atoms with van der Waals surface area (Å²) in [6.07, 6.45) is 3.16. The summed E-state index contributed by atoms with van der Waals surface area (Å²) in [5, 5.41) is 7.21. The van der Waals surface area contributed by atoms with Crippen LogP contribution in [0.2, 0.25) is 0 Å². The molecule has 6 heteroatoms. The van der Waals surface area contributed by atoms with Crippen LogP contribution in [-0.4, -0.2) is 23.5 Å². The standard InChI is InChI=1S/C15H17N3O.2ClH/c19-15(13-7-3-4-10-16-13)18-14-9-8-11-5-1-2-6-12(11)17-14;;/h1-2,5-6,8-9,13,16H,3-4,7,10H2,(H,17,18,19);2*1H. The van der Waals surface area contributed by atoms with Crippen molar-refractivity contribution in [1.29, 1.82) is 0 Å². The molecule has 2 heterocycles. The van der Waals surface area contributed by atoms with Crippen LogP contribution >= 0.6 is 24.8 Å². The van der Waals surface area contributed by atoms with Crippen LogP contribution in [0.25, 0.3) is 10.9 Å². The number of amides is 1. The monoisotopic (exact) mass is 327 g/mol. The number of aromatic nitrogens is 1. The van der Waals surface area contributed by atoms with E-state index in [1.54, 1.807) is 0 Å². The lowest BCUT2D eigenvalue weighted by molar-refractivity contribution is -0.118. The topological polar surface area (TPSA) is 54.0 Å². The SMILES string of the molecule is Cl.Cl.O=C(Nc1ccc2ccccc2n1)C1CCCCN1. The Hall–Kier alpha value is -1.36. The maximum absolute atomic E-state index is 12.1. The summed E-state index contributed by atoms with van der Waals surface area (Å²) in [5.74, 6) is 0.638. The lowest BCUT2D eigenvalue weighted by Crippen LogP contribution is -2.43. The molecule has 1 aliphatic heterocycles. The highest BCUT2D eigenvalue weighted by molar-refractivity contribution is 5.95. The first-order valence-corrected chi connectivity index (χ1v) is 6.73. The fraction of sp³-hybridized carbons (Fsp3) is 0.333. The number of halogens is 2. The minimum absolute atomic E-state index is 0. The fourth-order valence-corrected chi connectivity index (χ4v) is 2.42. The third kappa shape index (κ3) is 4.30. The van der Waals surface area contributed by atoms with Crippen molar-refractivity contribution >= 4 is 47.4 Å². The molecule has 1 aromatic heterocycles. The third-order valence-corrected chi connectivity index (χ3v) is 3.48. The van der Waals surface area contributed by atoms with Crippen LogP contribution in [0.15, 0.2) is 36.4 Å². The van der Waals surface area contributed by atoms with Gasteiger partial charge in [-0.15, -0.1) is 24.8 Å². The number of carbonyl (C=O) groups is 1. The molecule has 0 saturated carbocycles. The zero-order valence-electron chi connectivity index (χ0n) is 11.5. The van der Waals surface area contributed by atoms with E-state index in [9.17, 15) is 4.79 Å². The highest BCUT2D eigenvalue weighted by atomic mass is 35.5. The predicted octanol–water partition coefficient (Wildman–Crippen LogP) is 3.16. The van der Waals surface area contributed by atoms with E-state index in [1.807, 2.05) is 36.4 Å². The Kier molecular flexibility index (Phi) is 6.89. The molecule has 2 aromatic rings. The molecule has 114 valence electrons. The second-order valence-electron chi connectivity index (χ2n) is 4.88. The lowest BCUT2D eigenvalue weighted by atomic mass is 10.0. The third-order valence-electron chi connectivity index (χ3n) is 3.48. The van der Waals surface area contributed by atoms with Crippen molar-refractivity contribution in [1.82, 2.24) is 10.3 Å². The van der Waals surface area contributed by atoms with Gasteiger partial charge in [0.2, 0.25) is 5.91 Å². The summed E-state index contributed by atoms with van der Waals surface area (Å²) in [4.78, 5) is 16.5. The molecule has 1 amide bonds. The van der Waals surface area contributed by atoms with E-state index >= 15 is 0 Å². The van der Waals surface area contributed by atoms with E-state index in [0.29, 0.717) is 5.82 Å². The Morgan fingerprint density at radius 3 is 2.71 bits per heavy atom. The average Bonchev–Trinajstić information content (AvgIpc) is 2.48. The molecule has 4 nitrogen and oxygen atoms in total. The first kappa shape index (κ1) is 17.7. The Morgan fingerprint density at radius 1 is 1.14 bits per heavy atom. The number of rotatable bonds is 2. The van der Waals surface area contributed by atoms with Crippen molar-refractivity contribution in [3.8, 4) is 0 Å². The van der Waals surface area contributed by atoms with Crippen molar-refractivity contribution < 1.29 is 4.79 Å². The van der Waals surface area contributed by atoms with E-state index < -0.39 is 0 Å². The molecule has 1 aromatic carbocycles. The largest absolute Gasteiger partial charge is 0.309 e. The van der Waals surface area contributed by atoms with Crippen molar-refractivity contribution in [3.05, 3.63) is 36.4 Å². The number of carbonyl (C=O) groups excluding carboxylic acids is 1. The molecular formula is C15H19Cl2N3O. The second kappa shape index (κ2) is 8.17. The summed E-state index contributed by atoms with van der Waals surface area (Å²) < 4.78 is 0. The molecular weight excluding hydrogens is 309 g/mol. The van der Waals surface area contributed by atoms with E-state index in [1.165, 1.54) is 0 Å². The van der Waals surface area contributed by atoms with Crippen LogP contribution in [0.5, 0.6) is 0 Å². The Balaban J connectivity index is 0.00000110. The molecule has 0 aliphatic carbocycles. The highest BCUT2D eigenvalue weighted by Gasteiger charge is 2.20. The van der Waals surface area contributed by atoms with Crippen molar-refractivity contribution in [3.63, 3.8) is 0 Å². The van der Waals surface area contributed by atoms with Gasteiger partial charge in [-0.3, -0.25) is 4.79 Å². The average molecular weight is 328 g/mol. The van der Waals surface area contributed by atoms with Crippen LogP contribution in [0.1, 0.15) is 19.3 Å². The normalized spacial score (nSPS) is 17.4. The highest BCUT2D eigenvalue weighted by Crippen LogP contribution is 2.15. The number of anilines is 1. The summed E-state index contributed by atoms with van der Waals surface area (Å²) in [6, 6.07) is 11.6. The fourth-order valence-electron chi connectivity index (χ4n) is 2.42. The molecule has 21 heavy (non-hydrogen) atoms. The Morgan fingerprint density at radius 2 is 1.95 bits per heavy atom. The minimum Gasteiger partial charge on any atom is -0.309 e. The van der Waals surface area contributed by atoms with Gasteiger partial charge in [-0.25, -0.2) is 4.98 Å². The predicted molar refractivity (Wildman–Crippen MR) is 90.5 cm³/mol. The second-order valence-corrected chi connectivity index (χ2v) is 4.88. The number of hydrogen-bond donors (Lipinski definition) is 2. The van der Waals surface area contributed by atoms with E-state index in [0.717, 1.165) is 36.7 Å². The maximum atomic E-state index is 12.1. The molecule has 1 atom stereocenters. The van der Waals surface area contributed by atoms with Gasteiger partial charge in [-0.2, -0.15) is 0 Å². The molecule has 2 N–H and O–H groups in total. The number of benzene rings is 1. The van der Waals surface area contributed by atoms with Gasteiger partial charge in [-0.05, 0) is 37.6 Å². The van der Waals surface area contributed by atoms with Crippen molar-refractivity contribution in [2.24, 2.45) is 0 Å². The minimum atomic E-state index is -0.0815. The van der Waals surface area contributed by atoms with Crippen LogP contribution in [0.4, 0.5) is 5.82 Å². The summed E-state index contributed by atoms with van der Waals surface area (Å²) >= 11 is 0. The van der Waals surface area contributed by atoms with Crippen LogP contribution in [-0.2, 0) is 4.79 Å². The maximum Gasteiger partial charge on any atom is 0.242 e. The quantitative estimate of drug-likeness (QED) is 0.890. The van der Waals surface area contributed by atoms with Gasteiger partial charge >= 0.3 is 0 Å². The molecule has 0 bridgehead atoms. The van der Waals surface area contributed by atoms with E-state index in [-0.39, 0.29) is 36.8 Å². The molecule has 3 rings (SSSR count). The van der Waals surface area contributed by atoms with E-state index in [2.05, 4.69) is 15.6 Å². The van der Waals surface area contributed by atoms with Crippen LogP contribution < -0.4 is 10.6 Å². The van der Waals surface area contributed by atoms with Gasteiger partial charge in [0.25, 0.3) is 0 Å². The number of pyridine rings is 1. The van der Waals surface area contributed by atoms with E-state index in [4.69, 9.17) is 0 Å². The Labute approximate surface area is 136 Å². The number of fused-ring (bicyclic) bond motifs is 1. The summed E-state index contributed by atoms with van der Waals surface area (Å²) in [5.41, 5.74) is 0.900. The van der Waals surface area contributed by atoms with Gasteiger partial charge in [0.1, 0.15) is 5.82 Å². The summed E-state index contributed by atoms with van der Waals surface area (Å²) in [6.45, 7) is 0.920. The van der Waals surface area contributed by atoms with Gasteiger partial charge in [0.15, 0.2) is 0 Å². The van der Waals surface area contributed by atoms with Gasteiger partial charge in [0.05, 0.1) is 11.6 Å². The molecule has 0 radical (unpaired) electrons. The molecule has 0 spiro atoms. The zero-order chi connectivity index (χ0) is 13.1. The number of hydrogen-bond acceptors (Lipinski definition) is 3. The van der Waals surface area contributed by atoms with Gasteiger partial charge in [0, 0.05) is 5.39 Å². The van der Waals surface area contributed by atoms with Crippen LogP contribution in [0, 0.1) is 0 Å². The molecule has 1 unspecified atom stereocenters. The van der Waals surface area contributed by atoms with Gasteiger partial charge in [-0.1, -0.05) is 24.6 Å². The number of nitrogens with one attached hydrogen (secondary N) is 2. The van der Waals surface area contributed by atoms with Crippen LogP contribution in [0.3, 0.4) is 0 Å². The van der Waals surface area contributed by atoms with Crippen molar-refractivity contribution in [2.45, 2.75) is 25.3 Å². The Bertz CT molecular complexity index is 600. The van der Waals surface area contributed by atoms with Gasteiger partial charge < -0.3 is 10.6 Å². The van der Waals surface area contributed by atoms with Crippen molar-refractivity contribution in [2.75, 3.05) is 11.9 Å². The molecule has 1 saturated heterocycles. The molecule has 1 fully saturated rings. The molecule has 1 aliphatic rings. The number of nitrogens with zero attached hydrogens (tertiary/aromatic N) is 1. The first-order valence-electron chi connectivity index (χ1n) is 6.73. The first-order chi connectivity index (χ1) is 9.33. The summed E-state index contributed by atoms with van der Waals surface area (Å²) in [7, 11) is 0. The number of piperidine rings is 1. The smallest absolute Gasteiger partial charge is 0.242 e. The lowest BCUT2D eigenvalue weighted by Gasteiger charge is -2.22. The zero-order valence-corrected chi connectivity index (χ0v) is 13.2.